The summed E-state index contributed by atoms with van der Waals surface area (Å²) < 4.78 is 0. The molecule has 0 unspecified atom stereocenters. The lowest BCUT2D eigenvalue weighted by Crippen LogP contribution is -2.43. The number of hydrogen-bond donors (Lipinski definition) is 3. The molecule has 6 heteroatoms. The van der Waals surface area contributed by atoms with Gasteiger partial charge in [-0.1, -0.05) is 12.1 Å². The molecule has 1 saturated heterocycles. The van der Waals surface area contributed by atoms with Gasteiger partial charge in [-0.3, -0.25) is 4.79 Å². The normalized spacial score (nSPS) is 18.6. The molecule has 1 aromatic carbocycles. The number of primary amides is 1. The van der Waals surface area contributed by atoms with Crippen molar-refractivity contribution in [3.8, 4) is 0 Å². The summed E-state index contributed by atoms with van der Waals surface area (Å²) in [6.45, 7) is 4.15. The number of nitrogens with one attached hydrogen (secondary N) is 2. The number of nitrogens with two attached hydrogens (primary N) is 1. The van der Waals surface area contributed by atoms with Crippen molar-refractivity contribution in [2.45, 2.75) is 18.4 Å². The van der Waals surface area contributed by atoms with Gasteiger partial charge >= 0.3 is 0 Å². The SMILES string of the molecule is NC(=O)c1ccc(NC2(c3cccc(N4CCNCC4)c3)CC2)nc1. The van der Waals surface area contributed by atoms with Gasteiger partial charge in [0.15, 0.2) is 0 Å². The summed E-state index contributed by atoms with van der Waals surface area (Å²) in [5, 5.41) is 6.94. The molecule has 0 atom stereocenters. The summed E-state index contributed by atoms with van der Waals surface area (Å²) in [6.07, 6.45) is 3.69. The smallest absolute Gasteiger partial charge is 0.250 e. The Hall–Kier alpha value is -2.60. The first kappa shape index (κ1) is 15.9. The molecule has 1 saturated carbocycles. The van der Waals surface area contributed by atoms with E-state index in [0.717, 1.165) is 44.8 Å². The number of aromatic nitrogens is 1. The van der Waals surface area contributed by atoms with Crippen LogP contribution in [0.2, 0.25) is 0 Å². The minimum absolute atomic E-state index is 0.0503. The van der Waals surface area contributed by atoms with Gasteiger partial charge in [-0.25, -0.2) is 4.98 Å². The van der Waals surface area contributed by atoms with Crippen molar-refractivity contribution in [2.75, 3.05) is 36.4 Å². The van der Waals surface area contributed by atoms with E-state index in [1.807, 2.05) is 6.07 Å². The minimum Gasteiger partial charge on any atom is -0.369 e. The van der Waals surface area contributed by atoms with Gasteiger partial charge in [0, 0.05) is 38.1 Å². The molecule has 0 bridgehead atoms. The van der Waals surface area contributed by atoms with Crippen LogP contribution in [0.4, 0.5) is 11.5 Å². The summed E-state index contributed by atoms with van der Waals surface area (Å²) in [5.74, 6) is 0.319. The van der Waals surface area contributed by atoms with E-state index < -0.39 is 5.91 Å². The molecule has 2 aliphatic rings. The van der Waals surface area contributed by atoms with Crippen molar-refractivity contribution in [2.24, 2.45) is 5.73 Å². The summed E-state index contributed by atoms with van der Waals surface area (Å²) in [4.78, 5) is 17.9. The molecule has 25 heavy (non-hydrogen) atoms. The number of rotatable bonds is 5. The van der Waals surface area contributed by atoms with Crippen LogP contribution in [0.15, 0.2) is 42.6 Å². The van der Waals surface area contributed by atoms with E-state index in [9.17, 15) is 4.79 Å². The van der Waals surface area contributed by atoms with Gasteiger partial charge < -0.3 is 21.3 Å². The third-order valence-corrected chi connectivity index (χ3v) is 5.05. The summed E-state index contributed by atoms with van der Waals surface area (Å²) >= 11 is 0. The molecular formula is C19H23N5O. The van der Waals surface area contributed by atoms with Gasteiger partial charge in [0.1, 0.15) is 5.82 Å². The number of benzene rings is 1. The Kier molecular flexibility index (Phi) is 4.05. The first-order valence-corrected chi connectivity index (χ1v) is 8.77. The number of carbonyl (C=O) groups is 1. The summed E-state index contributed by atoms with van der Waals surface area (Å²) in [5.41, 5.74) is 8.23. The zero-order valence-electron chi connectivity index (χ0n) is 14.2. The molecule has 1 aliphatic heterocycles. The minimum atomic E-state index is -0.455. The van der Waals surface area contributed by atoms with Crippen molar-refractivity contribution in [3.63, 3.8) is 0 Å². The van der Waals surface area contributed by atoms with E-state index >= 15 is 0 Å². The number of hydrogen-bond acceptors (Lipinski definition) is 5. The third kappa shape index (κ3) is 3.30. The molecule has 0 radical (unpaired) electrons. The van der Waals surface area contributed by atoms with Crippen molar-refractivity contribution in [1.29, 1.82) is 0 Å². The number of piperazine rings is 1. The third-order valence-electron chi connectivity index (χ3n) is 5.05. The largest absolute Gasteiger partial charge is 0.369 e. The van der Waals surface area contributed by atoms with Crippen LogP contribution < -0.4 is 21.3 Å². The highest BCUT2D eigenvalue weighted by Gasteiger charge is 2.44. The highest BCUT2D eigenvalue weighted by atomic mass is 16.1. The fourth-order valence-corrected chi connectivity index (χ4v) is 3.39. The summed E-state index contributed by atoms with van der Waals surface area (Å²) in [7, 11) is 0. The molecule has 1 aliphatic carbocycles. The first-order valence-electron chi connectivity index (χ1n) is 8.77. The number of anilines is 2. The van der Waals surface area contributed by atoms with E-state index in [2.05, 4.69) is 44.8 Å². The highest BCUT2D eigenvalue weighted by Crippen LogP contribution is 2.48. The quantitative estimate of drug-likeness (QED) is 0.773. The Morgan fingerprint density at radius 3 is 2.64 bits per heavy atom. The van der Waals surface area contributed by atoms with Gasteiger partial charge in [0.2, 0.25) is 5.91 Å². The zero-order valence-corrected chi connectivity index (χ0v) is 14.2. The maximum absolute atomic E-state index is 11.2. The van der Waals surface area contributed by atoms with Crippen LogP contribution in [0.3, 0.4) is 0 Å². The van der Waals surface area contributed by atoms with Gasteiger partial charge in [-0.2, -0.15) is 0 Å². The fraction of sp³-hybridized carbons (Fsp3) is 0.368. The van der Waals surface area contributed by atoms with Gasteiger partial charge in [0.25, 0.3) is 0 Å². The molecule has 1 aromatic heterocycles. The van der Waals surface area contributed by atoms with Crippen molar-refractivity contribution in [1.82, 2.24) is 10.3 Å². The molecule has 4 N–H and O–H groups in total. The average molecular weight is 337 g/mol. The Bertz CT molecular complexity index is 764. The Labute approximate surface area is 147 Å². The van der Waals surface area contributed by atoms with Crippen LogP contribution in [0.1, 0.15) is 28.8 Å². The topological polar surface area (TPSA) is 83.3 Å². The van der Waals surface area contributed by atoms with E-state index in [0.29, 0.717) is 5.56 Å². The molecule has 2 fully saturated rings. The standard InChI is InChI=1S/C19H23N5O/c20-18(25)14-4-5-17(22-13-14)23-19(6-7-19)15-2-1-3-16(12-15)24-10-8-21-9-11-24/h1-5,12-13,21H,6-11H2,(H2,20,25)(H,22,23). The molecule has 0 spiro atoms. The van der Waals surface area contributed by atoms with Crippen LogP contribution in [-0.4, -0.2) is 37.1 Å². The van der Waals surface area contributed by atoms with E-state index in [-0.39, 0.29) is 5.54 Å². The lowest BCUT2D eigenvalue weighted by molar-refractivity contribution is 0.1000. The lowest BCUT2D eigenvalue weighted by atomic mass is 10.0. The average Bonchev–Trinajstić information content (AvgIpc) is 3.44. The Balaban J connectivity index is 1.53. The van der Waals surface area contributed by atoms with E-state index in [1.165, 1.54) is 17.4 Å². The van der Waals surface area contributed by atoms with Crippen LogP contribution in [-0.2, 0) is 5.54 Å². The maximum Gasteiger partial charge on any atom is 0.250 e. The number of amides is 1. The van der Waals surface area contributed by atoms with Crippen LogP contribution in [0, 0.1) is 0 Å². The molecule has 130 valence electrons. The molecule has 1 amide bonds. The fourth-order valence-electron chi connectivity index (χ4n) is 3.39. The second-order valence-corrected chi connectivity index (χ2v) is 6.79. The Morgan fingerprint density at radius 2 is 2.00 bits per heavy atom. The monoisotopic (exact) mass is 337 g/mol. The molecule has 6 nitrogen and oxygen atoms in total. The molecule has 2 aromatic rings. The number of carbonyl (C=O) groups excluding carboxylic acids is 1. The maximum atomic E-state index is 11.2. The lowest BCUT2D eigenvalue weighted by Gasteiger charge is -2.30. The van der Waals surface area contributed by atoms with Crippen molar-refractivity contribution in [3.05, 3.63) is 53.7 Å². The second kappa shape index (κ2) is 6.37. The number of pyridine rings is 1. The molecule has 2 heterocycles. The predicted octanol–water partition coefficient (Wildman–Crippen LogP) is 1.69. The molecular weight excluding hydrogens is 314 g/mol. The van der Waals surface area contributed by atoms with Crippen LogP contribution in [0.5, 0.6) is 0 Å². The van der Waals surface area contributed by atoms with E-state index in [1.54, 1.807) is 6.07 Å². The predicted molar refractivity (Wildman–Crippen MR) is 98.8 cm³/mol. The number of nitrogens with zero attached hydrogens (tertiary/aromatic N) is 2. The molecule has 4 rings (SSSR count). The van der Waals surface area contributed by atoms with Crippen molar-refractivity contribution < 1.29 is 4.79 Å². The Morgan fingerprint density at radius 1 is 1.20 bits per heavy atom. The highest BCUT2D eigenvalue weighted by molar-refractivity contribution is 5.92. The van der Waals surface area contributed by atoms with Crippen LogP contribution in [0.25, 0.3) is 0 Å². The van der Waals surface area contributed by atoms with Gasteiger partial charge in [-0.05, 0) is 42.7 Å². The van der Waals surface area contributed by atoms with Gasteiger partial charge in [-0.15, -0.1) is 0 Å². The second-order valence-electron chi connectivity index (χ2n) is 6.79. The van der Waals surface area contributed by atoms with Crippen molar-refractivity contribution >= 4 is 17.4 Å². The van der Waals surface area contributed by atoms with Crippen LogP contribution >= 0.6 is 0 Å². The first-order chi connectivity index (χ1) is 12.2. The van der Waals surface area contributed by atoms with Gasteiger partial charge in [0.05, 0.1) is 11.1 Å². The zero-order chi connectivity index (χ0) is 17.3. The van der Waals surface area contributed by atoms with E-state index in [4.69, 9.17) is 5.73 Å². The summed E-state index contributed by atoms with van der Waals surface area (Å²) in [6, 6.07) is 12.3.